The summed E-state index contributed by atoms with van der Waals surface area (Å²) in [4.78, 5) is 13.6. The van der Waals surface area contributed by atoms with Crippen molar-refractivity contribution in [3.8, 4) is 0 Å². The summed E-state index contributed by atoms with van der Waals surface area (Å²) in [7, 11) is 1.87. The molecule has 0 bridgehead atoms. The Labute approximate surface area is 116 Å². The smallest absolute Gasteiger partial charge is 0.223 e. The number of hydrogen-bond acceptors (Lipinski definition) is 2. The Bertz CT molecular complexity index is 343. The van der Waals surface area contributed by atoms with Crippen LogP contribution in [0.5, 0.6) is 0 Å². The molecule has 0 saturated heterocycles. The van der Waals surface area contributed by atoms with Crippen LogP contribution in [0.25, 0.3) is 0 Å². The number of carbonyl (C=O) groups is 1. The standard InChI is InChI=1S/C14H22N2O.ClH/c1-3-13(16(2)14(17)9-10-15)11-12-7-5-4-6-8-12;/h4-8,13H,3,9-11,15H2,1-2H3;1H. The van der Waals surface area contributed by atoms with E-state index in [1.165, 1.54) is 5.56 Å². The van der Waals surface area contributed by atoms with Gasteiger partial charge in [-0.25, -0.2) is 0 Å². The number of nitrogens with two attached hydrogens (primary N) is 1. The third-order valence-corrected chi connectivity index (χ3v) is 3.08. The Morgan fingerprint density at radius 1 is 1.33 bits per heavy atom. The normalized spacial score (nSPS) is 11.5. The van der Waals surface area contributed by atoms with E-state index in [0.717, 1.165) is 12.8 Å². The molecule has 0 fully saturated rings. The van der Waals surface area contributed by atoms with E-state index in [0.29, 0.717) is 13.0 Å². The Kier molecular flexibility index (Phi) is 8.42. The lowest BCUT2D eigenvalue weighted by Gasteiger charge is -2.27. The first-order chi connectivity index (χ1) is 8.19. The van der Waals surface area contributed by atoms with Crippen LogP contribution in [-0.4, -0.2) is 30.4 Å². The lowest BCUT2D eigenvalue weighted by Crippen LogP contribution is -2.38. The molecule has 2 N–H and O–H groups in total. The first-order valence-corrected chi connectivity index (χ1v) is 6.18. The average molecular weight is 271 g/mol. The van der Waals surface area contributed by atoms with Gasteiger partial charge in [0.15, 0.2) is 0 Å². The van der Waals surface area contributed by atoms with E-state index in [1.807, 2.05) is 30.1 Å². The van der Waals surface area contributed by atoms with Crippen LogP contribution >= 0.6 is 12.4 Å². The first kappa shape index (κ1) is 16.9. The van der Waals surface area contributed by atoms with Crippen LogP contribution in [-0.2, 0) is 11.2 Å². The molecule has 1 atom stereocenters. The second-order valence-corrected chi connectivity index (χ2v) is 4.30. The van der Waals surface area contributed by atoms with E-state index in [-0.39, 0.29) is 24.4 Å². The van der Waals surface area contributed by atoms with Crippen molar-refractivity contribution in [2.45, 2.75) is 32.2 Å². The summed E-state index contributed by atoms with van der Waals surface area (Å²) < 4.78 is 0. The molecule has 1 rings (SSSR count). The second-order valence-electron chi connectivity index (χ2n) is 4.30. The van der Waals surface area contributed by atoms with E-state index in [9.17, 15) is 4.79 Å². The van der Waals surface area contributed by atoms with Crippen LogP contribution in [0.3, 0.4) is 0 Å². The Hall–Kier alpha value is -1.06. The Morgan fingerprint density at radius 2 is 1.94 bits per heavy atom. The molecule has 0 aliphatic heterocycles. The minimum Gasteiger partial charge on any atom is -0.342 e. The topological polar surface area (TPSA) is 46.3 Å². The monoisotopic (exact) mass is 270 g/mol. The fourth-order valence-corrected chi connectivity index (χ4v) is 1.94. The van der Waals surface area contributed by atoms with Gasteiger partial charge in [-0.3, -0.25) is 4.79 Å². The lowest BCUT2D eigenvalue weighted by molar-refractivity contribution is -0.131. The van der Waals surface area contributed by atoms with Crippen molar-refractivity contribution >= 4 is 18.3 Å². The molecule has 0 radical (unpaired) electrons. The van der Waals surface area contributed by atoms with Crippen LogP contribution in [0, 0.1) is 0 Å². The van der Waals surface area contributed by atoms with Gasteiger partial charge >= 0.3 is 0 Å². The Morgan fingerprint density at radius 3 is 2.44 bits per heavy atom. The zero-order valence-electron chi connectivity index (χ0n) is 11.1. The molecule has 0 saturated carbocycles. The molecule has 0 aliphatic rings. The largest absolute Gasteiger partial charge is 0.342 e. The summed E-state index contributed by atoms with van der Waals surface area (Å²) in [5.74, 6) is 0.135. The van der Waals surface area contributed by atoms with E-state index in [2.05, 4.69) is 19.1 Å². The third-order valence-electron chi connectivity index (χ3n) is 3.08. The van der Waals surface area contributed by atoms with Gasteiger partial charge in [-0.05, 0) is 18.4 Å². The Balaban J connectivity index is 0.00000289. The van der Waals surface area contributed by atoms with E-state index in [4.69, 9.17) is 5.73 Å². The molecule has 18 heavy (non-hydrogen) atoms. The fourth-order valence-electron chi connectivity index (χ4n) is 1.94. The highest BCUT2D eigenvalue weighted by atomic mass is 35.5. The maximum Gasteiger partial charge on any atom is 0.223 e. The van der Waals surface area contributed by atoms with Crippen molar-refractivity contribution in [3.63, 3.8) is 0 Å². The summed E-state index contributed by atoms with van der Waals surface area (Å²) >= 11 is 0. The van der Waals surface area contributed by atoms with Crippen molar-refractivity contribution in [3.05, 3.63) is 35.9 Å². The van der Waals surface area contributed by atoms with Gasteiger partial charge in [0, 0.05) is 26.1 Å². The number of nitrogens with zero attached hydrogens (tertiary/aromatic N) is 1. The lowest BCUT2D eigenvalue weighted by atomic mass is 10.0. The van der Waals surface area contributed by atoms with E-state index >= 15 is 0 Å². The highest BCUT2D eigenvalue weighted by molar-refractivity contribution is 5.85. The molecular formula is C14H23ClN2O. The minimum atomic E-state index is 0. The van der Waals surface area contributed by atoms with Gasteiger partial charge in [0.2, 0.25) is 5.91 Å². The fraction of sp³-hybridized carbons (Fsp3) is 0.500. The second kappa shape index (κ2) is 8.95. The van der Waals surface area contributed by atoms with Crippen molar-refractivity contribution in [2.24, 2.45) is 5.73 Å². The molecule has 1 aromatic rings. The van der Waals surface area contributed by atoms with Crippen molar-refractivity contribution < 1.29 is 4.79 Å². The van der Waals surface area contributed by atoms with Crippen LogP contribution in [0.1, 0.15) is 25.3 Å². The number of halogens is 1. The molecule has 0 spiro atoms. The molecule has 3 nitrogen and oxygen atoms in total. The summed E-state index contributed by atoms with van der Waals surface area (Å²) in [6.45, 7) is 2.53. The zero-order valence-corrected chi connectivity index (χ0v) is 12.0. The molecule has 1 unspecified atom stereocenters. The van der Waals surface area contributed by atoms with Crippen molar-refractivity contribution in [1.29, 1.82) is 0 Å². The molecule has 0 aliphatic carbocycles. The number of hydrogen-bond donors (Lipinski definition) is 1. The highest BCUT2D eigenvalue weighted by Gasteiger charge is 2.17. The maximum absolute atomic E-state index is 11.8. The van der Waals surface area contributed by atoms with Crippen LogP contribution < -0.4 is 5.73 Å². The van der Waals surface area contributed by atoms with Crippen molar-refractivity contribution in [1.82, 2.24) is 4.90 Å². The van der Waals surface area contributed by atoms with Crippen molar-refractivity contribution in [2.75, 3.05) is 13.6 Å². The summed E-state index contributed by atoms with van der Waals surface area (Å²) in [5, 5.41) is 0. The average Bonchev–Trinajstić information content (AvgIpc) is 2.36. The number of likely N-dealkylation sites (N-methyl/N-ethyl adjacent to an activating group) is 1. The highest BCUT2D eigenvalue weighted by Crippen LogP contribution is 2.11. The third kappa shape index (κ3) is 5.07. The van der Waals surface area contributed by atoms with Gasteiger partial charge in [0.05, 0.1) is 0 Å². The first-order valence-electron chi connectivity index (χ1n) is 6.18. The van der Waals surface area contributed by atoms with Gasteiger partial charge in [-0.15, -0.1) is 12.4 Å². The number of rotatable bonds is 6. The maximum atomic E-state index is 11.8. The predicted molar refractivity (Wildman–Crippen MR) is 77.9 cm³/mol. The van der Waals surface area contributed by atoms with Crippen LogP contribution in [0.15, 0.2) is 30.3 Å². The van der Waals surface area contributed by atoms with Crippen LogP contribution in [0.4, 0.5) is 0 Å². The molecule has 0 heterocycles. The summed E-state index contributed by atoms with van der Waals surface area (Å²) in [5.41, 5.74) is 6.68. The van der Waals surface area contributed by atoms with Gasteiger partial charge in [-0.1, -0.05) is 37.3 Å². The number of carbonyl (C=O) groups excluding carboxylic acids is 1. The molecule has 102 valence electrons. The zero-order chi connectivity index (χ0) is 12.7. The number of benzene rings is 1. The summed E-state index contributed by atoms with van der Waals surface area (Å²) in [6.07, 6.45) is 2.30. The summed E-state index contributed by atoms with van der Waals surface area (Å²) in [6, 6.07) is 10.5. The molecular weight excluding hydrogens is 248 g/mol. The van der Waals surface area contributed by atoms with Gasteiger partial charge < -0.3 is 10.6 Å². The molecule has 4 heteroatoms. The van der Waals surface area contributed by atoms with E-state index < -0.39 is 0 Å². The quantitative estimate of drug-likeness (QED) is 0.862. The van der Waals surface area contributed by atoms with E-state index in [1.54, 1.807) is 0 Å². The predicted octanol–water partition coefficient (Wildman–Crippen LogP) is 2.24. The molecule has 1 aromatic carbocycles. The van der Waals surface area contributed by atoms with Gasteiger partial charge in [0.25, 0.3) is 0 Å². The minimum absolute atomic E-state index is 0. The van der Waals surface area contributed by atoms with Gasteiger partial charge in [-0.2, -0.15) is 0 Å². The van der Waals surface area contributed by atoms with Gasteiger partial charge in [0.1, 0.15) is 0 Å². The molecule has 1 amide bonds. The SMILES string of the molecule is CCC(Cc1ccccc1)N(C)C(=O)CCN.Cl. The van der Waals surface area contributed by atoms with Crippen LogP contribution in [0.2, 0.25) is 0 Å². The molecule has 0 aromatic heterocycles. The number of amides is 1.